The second-order valence-electron chi connectivity index (χ2n) is 9.19. The second kappa shape index (κ2) is 9.32. The molecule has 0 amide bonds. The number of hydrogen-bond donors (Lipinski definition) is 1. The Labute approximate surface area is 201 Å². The number of fused-ring (bicyclic) bond motifs is 1. The number of nitriles is 1. The van der Waals surface area contributed by atoms with Gasteiger partial charge in [-0.3, -0.25) is 4.72 Å². The molecule has 0 unspecified atom stereocenters. The molecule has 0 spiro atoms. The number of nitrogens with one attached hydrogen (secondary N) is 1. The first-order valence-corrected chi connectivity index (χ1v) is 13.6. The van der Waals surface area contributed by atoms with Crippen LogP contribution in [0.15, 0.2) is 42.5 Å². The fraction of sp³-hybridized carbons (Fsp3) is 0.423. The first kappa shape index (κ1) is 22.8. The number of ether oxygens (including phenoxy) is 1. The van der Waals surface area contributed by atoms with E-state index in [-0.39, 0.29) is 5.75 Å². The maximum absolute atomic E-state index is 12.1. The minimum atomic E-state index is -3.35. The fourth-order valence-electron chi connectivity index (χ4n) is 4.71. The highest BCUT2D eigenvalue weighted by molar-refractivity contribution is 7.92. The third-order valence-corrected chi connectivity index (χ3v) is 8.07. The molecule has 2 aliphatic rings. The Morgan fingerprint density at radius 2 is 1.85 bits per heavy atom. The van der Waals surface area contributed by atoms with Crippen molar-refractivity contribution >= 4 is 32.3 Å². The molecule has 1 aliphatic heterocycles. The number of morpholine rings is 1. The smallest absolute Gasteiger partial charge is 0.232 e. The predicted molar refractivity (Wildman–Crippen MR) is 136 cm³/mol. The highest BCUT2D eigenvalue weighted by atomic mass is 32.2. The predicted octanol–water partition coefficient (Wildman–Crippen LogP) is 4.58. The number of rotatable bonds is 8. The second-order valence-corrected chi connectivity index (χ2v) is 11.0. The average Bonchev–Trinajstić information content (AvgIpc) is 3.61. The zero-order valence-corrected chi connectivity index (χ0v) is 20.3. The molecule has 1 saturated heterocycles. The number of anilines is 2. The van der Waals surface area contributed by atoms with Gasteiger partial charge < -0.3 is 14.2 Å². The number of sulfonamides is 1. The van der Waals surface area contributed by atoms with Crippen molar-refractivity contribution in [2.75, 3.05) is 41.7 Å². The van der Waals surface area contributed by atoms with E-state index in [0.717, 1.165) is 60.7 Å². The van der Waals surface area contributed by atoms with Crippen LogP contribution in [0.3, 0.4) is 0 Å². The lowest BCUT2D eigenvalue weighted by Crippen LogP contribution is -2.36. The van der Waals surface area contributed by atoms with Gasteiger partial charge in [0.05, 0.1) is 35.7 Å². The Hall–Kier alpha value is -3.02. The molecule has 8 heteroatoms. The highest BCUT2D eigenvalue weighted by Gasteiger charge is 2.27. The van der Waals surface area contributed by atoms with Gasteiger partial charge in [-0.2, -0.15) is 5.26 Å². The summed E-state index contributed by atoms with van der Waals surface area (Å²) >= 11 is 0. The molecule has 1 aliphatic carbocycles. The van der Waals surface area contributed by atoms with E-state index >= 15 is 0 Å². The molecule has 1 N–H and O–H groups in total. The van der Waals surface area contributed by atoms with Crippen molar-refractivity contribution in [3.8, 4) is 17.3 Å². The van der Waals surface area contributed by atoms with Crippen LogP contribution in [0.5, 0.6) is 0 Å². The highest BCUT2D eigenvalue weighted by Crippen LogP contribution is 2.40. The van der Waals surface area contributed by atoms with Crippen molar-refractivity contribution in [2.24, 2.45) is 5.92 Å². The first-order valence-electron chi connectivity index (χ1n) is 12.0. The van der Waals surface area contributed by atoms with Crippen LogP contribution >= 0.6 is 0 Å². The Morgan fingerprint density at radius 1 is 1.12 bits per heavy atom. The standard InChI is InChI=1S/C26H30N4O3S/c1-2-15-34(31,32)28-21-7-5-20(6-8-21)26-24(17-27)23-10-9-22(29-11-13-33-14-12-29)16-25(23)30(26)18-19-3-4-19/h5-10,16,19,28H,2-4,11-15,18H2,1H3. The molecule has 2 heterocycles. The zero-order chi connectivity index (χ0) is 23.7. The van der Waals surface area contributed by atoms with Crippen LogP contribution in [0.1, 0.15) is 31.7 Å². The van der Waals surface area contributed by atoms with Crippen LogP contribution in [-0.4, -0.2) is 45.0 Å². The van der Waals surface area contributed by atoms with Crippen LogP contribution in [0.4, 0.5) is 11.4 Å². The van der Waals surface area contributed by atoms with Gasteiger partial charge in [0.2, 0.25) is 10.0 Å². The summed E-state index contributed by atoms with van der Waals surface area (Å²) in [7, 11) is -3.35. The summed E-state index contributed by atoms with van der Waals surface area (Å²) < 4.78 is 34.7. The number of hydrogen-bond acceptors (Lipinski definition) is 5. The fourth-order valence-corrected chi connectivity index (χ4v) is 5.85. The Kier molecular flexibility index (Phi) is 6.24. The maximum atomic E-state index is 12.1. The van der Waals surface area contributed by atoms with E-state index in [1.165, 1.54) is 12.8 Å². The molecule has 34 heavy (non-hydrogen) atoms. The average molecular weight is 479 g/mol. The van der Waals surface area contributed by atoms with E-state index in [2.05, 4.69) is 38.5 Å². The third kappa shape index (κ3) is 4.63. The molecule has 1 saturated carbocycles. The van der Waals surface area contributed by atoms with Crippen molar-refractivity contribution < 1.29 is 13.2 Å². The summed E-state index contributed by atoms with van der Waals surface area (Å²) in [5.74, 6) is 0.724. The molecule has 2 fully saturated rings. The van der Waals surface area contributed by atoms with Gasteiger partial charge in [-0.05, 0) is 61.1 Å². The summed E-state index contributed by atoms with van der Waals surface area (Å²) in [6.45, 7) is 5.90. The molecular weight excluding hydrogens is 448 g/mol. The van der Waals surface area contributed by atoms with Gasteiger partial charge in [0, 0.05) is 36.4 Å². The van der Waals surface area contributed by atoms with Gasteiger partial charge in [-0.15, -0.1) is 0 Å². The maximum Gasteiger partial charge on any atom is 0.232 e. The van der Waals surface area contributed by atoms with Crippen molar-refractivity contribution in [2.45, 2.75) is 32.7 Å². The lowest BCUT2D eigenvalue weighted by atomic mass is 10.1. The monoisotopic (exact) mass is 478 g/mol. The van der Waals surface area contributed by atoms with Crippen molar-refractivity contribution in [1.82, 2.24) is 4.57 Å². The lowest BCUT2D eigenvalue weighted by molar-refractivity contribution is 0.122. The molecule has 0 bridgehead atoms. The van der Waals surface area contributed by atoms with Gasteiger partial charge in [0.25, 0.3) is 0 Å². The van der Waals surface area contributed by atoms with Crippen LogP contribution < -0.4 is 9.62 Å². The van der Waals surface area contributed by atoms with Crippen LogP contribution in [0, 0.1) is 17.2 Å². The van der Waals surface area contributed by atoms with E-state index < -0.39 is 10.0 Å². The van der Waals surface area contributed by atoms with Crippen LogP contribution in [0.25, 0.3) is 22.2 Å². The summed E-state index contributed by atoms with van der Waals surface area (Å²) in [4.78, 5) is 2.33. The van der Waals surface area contributed by atoms with Crippen LogP contribution in [0.2, 0.25) is 0 Å². The topological polar surface area (TPSA) is 87.4 Å². The van der Waals surface area contributed by atoms with Gasteiger partial charge in [0.1, 0.15) is 6.07 Å². The summed E-state index contributed by atoms with van der Waals surface area (Å²) in [6, 6.07) is 16.2. The van der Waals surface area contributed by atoms with E-state index in [9.17, 15) is 13.7 Å². The van der Waals surface area contributed by atoms with Crippen molar-refractivity contribution in [1.29, 1.82) is 5.26 Å². The Bertz CT molecular complexity index is 1330. The molecule has 0 radical (unpaired) electrons. The van der Waals surface area contributed by atoms with E-state index in [0.29, 0.717) is 23.6 Å². The molecule has 7 nitrogen and oxygen atoms in total. The summed E-state index contributed by atoms with van der Waals surface area (Å²) in [6.07, 6.45) is 2.98. The quantitative estimate of drug-likeness (QED) is 0.512. The number of nitrogens with zero attached hydrogens (tertiary/aromatic N) is 3. The number of benzene rings is 2. The van der Waals surface area contributed by atoms with Gasteiger partial charge >= 0.3 is 0 Å². The molecule has 1 aromatic heterocycles. The minimum absolute atomic E-state index is 0.0917. The summed E-state index contributed by atoms with van der Waals surface area (Å²) in [5.41, 5.74) is 5.27. The summed E-state index contributed by atoms with van der Waals surface area (Å²) in [5, 5.41) is 11.1. The Morgan fingerprint density at radius 3 is 2.50 bits per heavy atom. The lowest BCUT2D eigenvalue weighted by Gasteiger charge is -2.29. The molecule has 0 atom stereocenters. The third-order valence-electron chi connectivity index (χ3n) is 6.58. The molecule has 5 rings (SSSR count). The SMILES string of the molecule is CCCS(=O)(=O)Nc1ccc(-c2c(C#N)c3ccc(N4CCOCC4)cc3n2CC2CC2)cc1. The van der Waals surface area contributed by atoms with Crippen molar-refractivity contribution in [3.63, 3.8) is 0 Å². The normalized spacial score (nSPS) is 16.5. The van der Waals surface area contributed by atoms with E-state index in [1.807, 2.05) is 19.1 Å². The molecule has 2 aromatic carbocycles. The van der Waals surface area contributed by atoms with Gasteiger partial charge in [-0.1, -0.05) is 19.1 Å². The number of aromatic nitrogens is 1. The van der Waals surface area contributed by atoms with Gasteiger partial charge in [0.15, 0.2) is 0 Å². The van der Waals surface area contributed by atoms with E-state index in [1.54, 1.807) is 12.1 Å². The zero-order valence-electron chi connectivity index (χ0n) is 19.5. The molecule has 3 aromatic rings. The van der Waals surface area contributed by atoms with Crippen LogP contribution in [-0.2, 0) is 21.3 Å². The first-order chi connectivity index (χ1) is 16.5. The largest absolute Gasteiger partial charge is 0.378 e. The minimum Gasteiger partial charge on any atom is -0.378 e. The van der Waals surface area contributed by atoms with E-state index in [4.69, 9.17) is 4.74 Å². The van der Waals surface area contributed by atoms with Gasteiger partial charge in [-0.25, -0.2) is 8.42 Å². The molecule has 178 valence electrons. The molecular formula is C26H30N4O3S. The Balaban J connectivity index is 1.57. The van der Waals surface area contributed by atoms with Crippen molar-refractivity contribution in [3.05, 3.63) is 48.0 Å².